The quantitative estimate of drug-likeness (QED) is 0.206. The van der Waals surface area contributed by atoms with Crippen LogP contribution in [0.3, 0.4) is 0 Å². The fourth-order valence-electron chi connectivity index (χ4n) is 4.65. The van der Waals surface area contributed by atoms with Crippen molar-refractivity contribution < 1.29 is 14.3 Å². The molecule has 0 saturated carbocycles. The number of amides is 1. The molecule has 6 heteroatoms. The molecule has 0 atom stereocenters. The number of unbranched alkanes of at least 4 members (excludes halogenated alkanes) is 3. The van der Waals surface area contributed by atoms with Gasteiger partial charge in [0.05, 0.1) is 5.69 Å². The van der Waals surface area contributed by atoms with Gasteiger partial charge in [-0.1, -0.05) is 54.2 Å². The van der Waals surface area contributed by atoms with E-state index in [0.29, 0.717) is 11.1 Å². The number of phenolic OH excluding ortho intramolecular Hbond substituents is 1. The Morgan fingerprint density at radius 1 is 0.974 bits per heavy atom. The molecule has 198 valence electrons. The van der Waals surface area contributed by atoms with Crippen LogP contribution in [0.5, 0.6) is 5.75 Å². The molecule has 38 heavy (non-hydrogen) atoms. The van der Waals surface area contributed by atoms with Crippen LogP contribution < -0.4 is 10.9 Å². The van der Waals surface area contributed by atoms with E-state index in [9.17, 15) is 9.90 Å². The molecule has 5 nitrogen and oxygen atoms in total. The molecule has 0 spiro atoms. The third kappa shape index (κ3) is 6.18. The minimum Gasteiger partial charge on any atom is -0.508 e. The smallest absolute Gasteiger partial charge is 0.261 e. The lowest BCUT2D eigenvalue weighted by atomic mass is 10.0. The second-order valence-corrected chi connectivity index (χ2v) is 10.9. The highest BCUT2D eigenvalue weighted by molar-refractivity contribution is 9.10. The van der Waals surface area contributed by atoms with Crippen molar-refractivity contribution in [3.63, 3.8) is 0 Å². The van der Waals surface area contributed by atoms with Crippen LogP contribution in [0.4, 0.5) is 11.4 Å². The molecule has 1 aromatic heterocycles. The highest BCUT2D eigenvalue weighted by Gasteiger charge is 2.17. The molecule has 3 aromatic carbocycles. The molecule has 0 aliphatic rings. The first-order chi connectivity index (χ1) is 18.2. The lowest BCUT2D eigenvalue weighted by Crippen LogP contribution is -2.22. The average Bonchev–Trinajstić information content (AvgIpc) is 2.86. The summed E-state index contributed by atoms with van der Waals surface area (Å²) in [6.45, 7) is 10.1. The summed E-state index contributed by atoms with van der Waals surface area (Å²) in [5.74, 6) is -0.0976. The number of aromatic hydroxyl groups is 1. The van der Waals surface area contributed by atoms with Gasteiger partial charge in [0.15, 0.2) is 0 Å². The summed E-state index contributed by atoms with van der Waals surface area (Å²) in [7, 11) is 0. The summed E-state index contributed by atoms with van der Waals surface area (Å²) >= 11 is 3.52. The normalized spacial score (nSPS) is 11.8. The standard InChI is InChI=1S/C32H35BrN2O3/c1-6-7-8-9-12-23-16-24-17-26(31(37)35-30-20(3)14-25(33)15-21(30)4)32(38-29(24)18-28(23)36)34-27-13-10-11-19(2)22(27)5/h10-11,13-18,36H,6-9,12H2,1-5H3,(H,35,37). The minimum atomic E-state index is -0.300. The van der Waals surface area contributed by atoms with Crippen molar-refractivity contribution >= 4 is 44.2 Å². The Kier molecular flexibility index (Phi) is 8.72. The van der Waals surface area contributed by atoms with Crippen LogP contribution in [0.1, 0.15) is 70.8 Å². The van der Waals surface area contributed by atoms with E-state index >= 15 is 0 Å². The zero-order valence-electron chi connectivity index (χ0n) is 22.7. The van der Waals surface area contributed by atoms with Gasteiger partial charge in [0.1, 0.15) is 16.9 Å². The fourth-order valence-corrected chi connectivity index (χ4v) is 5.34. The number of aryl methyl sites for hydroxylation is 4. The molecular weight excluding hydrogens is 540 g/mol. The third-order valence-electron chi connectivity index (χ3n) is 7.03. The number of halogens is 1. The number of hydrogen-bond donors (Lipinski definition) is 2. The van der Waals surface area contributed by atoms with Gasteiger partial charge in [0, 0.05) is 21.6 Å². The number of carbonyl (C=O) groups is 1. The number of nitrogens with one attached hydrogen (secondary N) is 1. The molecule has 0 aliphatic heterocycles. The molecule has 0 radical (unpaired) electrons. The Hall–Kier alpha value is -3.38. The number of rotatable bonds is 8. The highest BCUT2D eigenvalue weighted by Crippen LogP contribution is 2.29. The first-order valence-electron chi connectivity index (χ1n) is 13.2. The van der Waals surface area contributed by atoms with Crippen LogP contribution in [-0.4, -0.2) is 11.0 Å². The first kappa shape index (κ1) is 27.6. The zero-order chi connectivity index (χ0) is 27.4. The summed E-state index contributed by atoms with van der Waals surface area (Å²) in [6.07, 6.45) is 5.22. The maximum Gasteiger partial charge on any atom is 0.261 e. The monoisotopic (exact) mass is 574 g/mol. The van der Waals surface area contributed by atoms with Crippen LogP contribution in [0, 0.1) is 27.7 Å². The molecule has 0 unspecified atom stereocenters. The van der Waals surface area contributed by atoms with Gasteiger partial charge in [-0.25, -0.2) is 4.99 Å². The number of phenols is 1. The van der Waals surface area contributed by atoms with E-state index in [1.807, 2.05) is 70.2 Å². The van der Waals surface area contributed by atoms with Crippen molar-refractivity contribution in [1.29, 1.82) is 0 Å². The van der Waals surface area contributed by atoms with E-state index < -0.39 is 0 Å². The number of carbonyl (C=O) groups excluding carboxylic acids is 1. The van der Waals surface area contributed by atoms with E-state index in [-0.39, 0.29) is 17.2 Å². The average molecular weight is 576 g/mol. The number of benzene rings is 3. The van der Waals surface area contributed by atoms with Crippen LogP contribution >= 0.6 is 15.9 Å². The Morgan fingerprint density at radius 3 is 2.42 bits per heavy atom. The van der Waals surface area contributed by atoms with Crippen molar-refractivity contribution in [3.8, 4) is 5.75 Å². The molecule has 0 aliphatic carbocycles. The zero-order valence-corrected chi connectivity index (χ0v) is 24.3. The Morgan fingerprint density at radius 2 is 1.71 bits per heavy atom. The number of hydrogen-bond acceptors (Lipinski definition) is 4. The van der Waals surface area contributed by atoms with Crippen LogP contribution in [-0.2, 0) is 6.42 Å². The molecule has 2 N–H and O–H groups in total. The Balaban J connectivity index is 1.85. The summed E-state index contributed by atoms with van der Waals surface area (Å²) in [4.78, 5) is 18.5. The van der Waals surface area contributed by atoms with Crippen LogP contribution in [0.2, 0.25) is 0 Å². The fraction of sp³-hybridized carbons (Fsp3) is 0.312. The predicted octanol–water partition coefficient (Wildman–Crippen LogP) is 8.74. The first-order valence-corrected chi connectivity index (χ1v) is 14.0. The summed E-state index contributed by atoms with van der Waals surface area (Å²) in [5.41, 5.74) is 7.39. The van der Waals surface area contributed by atoms with Crippen LogP contribution in [0.15, 0.2) is 62.4 Å². The van der Waals surface area contributed by atoms with Crippen LogP contribution in [0.25, 0.3) is 11.0 Å². The van der Waals surface area contributed by atoms with Crippen molar-refractivity contribution in [2.24, 2.45) is 4.99 Å². The summed E-state index contributed by atoms with van der Waals surface area (Å²) < 4.78 is 7.18. The molecule has 0 saturated heterocycles. The van der Waals surface area contributed by atoms with Gasteiger partial charge >= 0.3 is 0 Å². The second-order valence-electron chi connectivity index (χ2n) is 9.99. The molecule has 4 rings (SSSR count). The molecule has 4 aromatic rings. The van der Waals surface area contributed by atoms with Gasteiger partial charge in [0.25, 0.3) is 5.91 Å². The lowest BCUT2D eigenvalue weighted by Gasteiger charge is -2.13. The molecule has 0 bridgehead atoms. The van der Waals surface area contributed by atoms with Gasteiger partial charge in [0.2, 0.25) is 5.55 Å². The van der Waals surface area contributed by atoms with Gasteiger partial charge < -0.3 is 14.8 Å². The van der Waals surface area contributed by atoms with Gasteiger partial charge in [-0.05, 0) is 98.7 Å². The SMILES string of the molecule is CCCCCCc1cc2cc(C(=O)Nc3c(C)cc(Br)cc3C)c(=Nc3cccc(C)c3C)oc2cc1O. The minimum absolute atomic E-state index is 0.200. The van der Waals surface area contributed by atoms with Gasteiger partial charge in [-0.15, -0.1) is 0 Å². The maximum atomic E-state index is 13.7. The molecule has 0 fully saturated rings. The largest absolute Gasteiger partial charge is 0.508 e. The molecular formula is C32H35BrN2O3. The van der Waals surface area contributed by atoms with E-state index in [4.69, 9.17) is 9.41 Å². The summed E-state index contributed by atoms with van der Waals surface area (Å²) in [6, 6.07) is 15.2. The highest BCUT2D eigenvalue weighted by atomic mass is 79.9. The third-order valence-corrected chi connectivity index (χ3v) is 7.48. The number of fused-ring (bicyclic) bond motifs is 1. The van der Waals surface area contributed by atoms with Crippen molar-refractivity contribution in [2.75, 3.05) is 5.32 Å². The second kappa shape index (κ2) is 12.0. The van der Waals surface area contributed by atoms with Gasteiger partial charge in [-0.3, -0.25) is 4.79 Å². The van der Waals surface area contributed by atoms with Gasteiger partial charge in [-0.2, -0.15) is 0 Å². The van der Waals surface area contributed by atoms with E-state index in [2.05, 4.69) is 28.2 Å². The lowest BCUT2D eigenvalue weighted by molar-refractivity contribution is 0.102. The van der Waals surface area contributed by atoms with Crippen molar-refractivity contribution in [3.05, 3.63) is 91.9 Å². The van der Waals surface area contributed by atoms with Crippen molar-refractivity contribution in [1.82, 2.24) is 0 Å². The summed E-state index contributed by atoms with van der Waals surface area (Å²) in [5, 5.41) is 14.5. The van der Waals surface area contributed by atoms with E-state index in [0.717, 1.165) is 74.7 Å². The molecule has 1 heterocycles. The number of anilines is 1. The Bertz CT molecular complexity index is 1550. The number of nitrogens with zero attached hydrogens (tertiary/aromatic N) is 1. The van der Waals surface area contributed by atoms with E-state index in [1.54, 1.807) is 6.07 Å². The van der Waals surface area contributed by atoms with Crippen molar-refractivity contribution in [2.45, 2.75) is 66.7 Å². The topological polar surface area (TPSA) is 74.8 Å². The van der Waals surface area contributed by atoms with E-state index in [1.165, 1.54) is 6.42 Å². The molecule has 1 amide bonds. The Labute approximate surface area is 232 Å². The predicted molar refractivity (Wildman–Crippen MR) is 158 cm³/mol. The maximum absolute atomic E-state index is 13.7.